The van der Waals surface area contributed by atoms with Crippen LogP contribution in [0.25, 0.3) is 0 Å². The molecule has 0 bridgehead atoms. The minimum absolute atomic E-state index is 0.0421. The highest BCUT2D eigenvalue weighted by Crippen LogP contribution is 2.15. The van der Waals surface area contributed by atoms with Crippen LogP contribution in [0.4, 0.5) is 4.39 Å². The first-order chi connectivity index (χ1) is 10.3. The van der Waals surface area contributed by atoms with Gasteiger partial charge in [0.25, 0.3) is 0 Å². The molecule has 0 N–H and O–H groups in total. The summed E-state index contributed by atoms with van der Waals surface area (Å²) in [4.78, 5) is 13.7. The Bertz CT molecular complexity index is 633. The molecule has 0 saturated carbocycles. The summed E-state index contributed by atoms with van der Waals surface area (Å²) in [6.45, 7) is 2.95. The highest BCUT2D eigenvalue weighted by molar-refractivity contribution is 7.89. The molecule has 1 aliphatic rings. The fraction of sp³-hybridized carbons (Fsp3) is 0.500. The molecular weight excluding hydrogens is 311 g/mol. The number of carbonyl (C=O) groups is 1. The number of ether oxygens (including phenoxy) is 1. The van der Waals surface area contributed by atoms with Crippen molar-refractivity contribution in [3.8, 4) is 0 Å². The Morgan fingerprint density at radius 1 is 1.41 bits per heavy atom. The van der Waals surface area contributed by atoms with E-state index in [1.165, 1.54) is 19.2 Å². The Morgan fingerprint density at radius 2 is 2.05 bits per heavy atom. The highest BCUT2D eigenvalue weighted by atomic mass is 32.2. The third-order valence-electron chi connectivity index (χ3n) is 3.47. The van der Waals surface area contributed by atoms with Crippen molar-refractivity contribution in [3.05, 3.63) is 30.1 Å². The summed E-state index contributed by atoms with van der Waals surface area (Å²) in [5, 5.41) is 0. The van der Waals surface area contributed by atoms with Crippen molar-refractivity contribution in [2.75, 3.05) is 33.3 Å². The third-order valence-corrected chi connectivity index (χ3v) is 5.29. The molecule has 6 nitrogen and oxygen atoms in total. The molecule has 0 aromatic heterocycles. The first-order valence-corrected chi connectivity index (χ1v) is 8.36. The highest BCUT2D eigenvalue weighted by Gasteiger charge is 2.27. The van der Waals surface area contributed by atoms with E-state index in [2.05, 4.69) is 0 Å². The molecule has 1 saturated heterocycles. The van der Waals surface area contributed by atoms with Gasteiger partial charge < -0.3 is 9.64 Å². The van der Waals surface area contributed by atoms with Crippen LogP contribution in [-0.4, -0.2) is 62.9 Å². The largest absolute Gasteiger partial charge is 0.375 e. The second-order valence-electron chi connectivity index (χ2n) is 5.24. The molecule has 1 aromatic rings. The van der Waals surface area contributed by atoms with E-state index in [0.717, 1.165) is 16.4 Å². The molecule has 1 unspecified atom stereocenters. The average molecular weight is 330 g/mol. The van der Waals surface area contributed by atoms with Crippen LogP contribution >= 0.6 is 0 Å². The average Bonchev–Trinajstić information content (AvgIpc) is 2.47. The van der Waals surface area contributed by atoms with Crippen LogP contribution in [0.5, 0.6) is 0 Å². The van der Waals surface area contributed by atoms with Gasteiger partial charge in [-0.2, -0.15) is 4.31 Å². The predicted molar refractivity (Wildman–Crippen MR) is 78.2 cm³/mol. The molecule has 0 aliphatic carbocycles. The van der Waals surface area contributed by atoms with Gasteiger partial charge in [-0.1, -0.05) is 0 Å². The standard InChI is InChI=1S/C14H19FN2O4S/c1-11-9-17(7-8-21-11)14(18)10-16(2)22(19,20)13-5-3-12(15)4-6-13/h3-6,11H,7-10H2,1-2H3. The normalized spacial score (nSPS) is 19.5. The van der Waals surface area contributed by atoms with Crippen LogP contribution in [-0.2, 0) is 19.6 Å². The minimum Gasteiger partial charge on any atom is -0.375 e. The molecule has 122 valence electrons. The predicted octanol–water partition coefficient (Wildman–Crippen LogP) is 0.694. The van der Waals surface area contributed by atoms with Gasteiger partial charge in [0.1, 0.15) is 5.82 Å². The lowest BCUT2D eigenvalue weighted by Gasteiger charge is -2.32. The Morgan fingerprint density at radius 3 is 2.64 bits per heavy atom. The van der Waals surface area contributed by atoms with Crippen LogP contribution in [0.3, 0.4) is 0 Å². The zero-order chi connectivity index (χ0) is 16.3. The summed E-state index contributed by atoms with van der Waals surface area (Å²) in [5.74, 6) is -0.789. The first-order valence-electron chi connectivity index (χ1n) is 6.92. The van der Waals surface area contributed by atoms with Crippen LogP contribution in [0.2, 0.25) is 0 Å². The van der Waals surface area contributed by atoms with Crippen LogP contribution < -0.4 is 0 Å². The maximum atomic E-state index is 12.9. The van der Waals surface area contributed by atoms with Crippen molar-refractivity contribution >= 4 is 15.9 Å². The first kappa shape index (κ1) is 16.9. The maximum absolute atomic E-state index is 12.9. The summed E-state index contributed by atoms with van der Waals surface area (Å²) in [6, 6.07) is 4.52. The molecule has 1 aromatic carbocycles. The molecule has 1 heterocycles. The lowest BCUT2D eigenvalue weighted by atomic mass is 10.3. The second-order valence-corrected chi connectivity index (χ2v) is 7.28. The quantitative estimate of drug-likeness (QED) is 0.815. The van der Waals surface area contributed by atoms with Gasteiger partial charge in [-0.25, -0.2) is 12.8 Å². The van der Waals surface area contributed by atoms with Gasteiger partial charge >= 0.3 is 0 Å². The molecule has 2 rings (SSSR count). The molecule has 8 heteroatoms. The Labute approximate surface area is 129 Å². The van der Waals surface area contributed by atoms with Crippen molar-refractivity contribution in [2.45, 2.75) is 17.9 Å². The summed E-state index contributed by atoms with van der Waals surface area (Å²) in [7, 11) is -2.48. The molecule has 1 amide bonds. The van der Waals surface area contributed by atoms with E-state index in [1.54, 1.807) is 4.90 Å². The fourth-order valence-corrected chi connectivity index (χ4v) is 3.33. The second kappa shape index (κ2) is 6.72. The monoisotopic (exact) mass is 330 g/mol. The summed E-state index contributed by atoms with van der Waals surface area (Å²) in [5.41, 5.74) is 0. The number of nitrogens with zero attached hydrogens (tertiary/aromatic N) is 2. The smallest absolute Gasteiger partial charge is 0.243 e. The summed E-state index contributed by atoms with van der Waals surface area (Å²) >= 11 is 0. The molecular formula is C14H19FN2O4S. The summed E-state index contributed by atoms with van der Waals surface area (Å²) < 4.78 is 43.9. The lowest BCUT2D eigenvalue weighted by molar-refractivity contribution is -0.138. The molecule has 1 atom stereocenters. The van der Waals surface area contributed by atoms with E-state index in [1.807, 2.05) is 6.92 Å². The number of carbonyl (C=O) groups excluding carboxylic acids is 1. The number of rotatable bonds is 4. The molecule has 0 spiro atoms. The van der Waals surface area contributed by atoms with Gasteiger partial charge in [-0.05, 0) is 31.2 Å². The van der Waals surface area contributed by atoms with E-state index in [0.29, 0.717) is 19.7 Å². The molecule has 1 aliphatic heterocycles. The van der Waals surface area contributed by atoms with Gasteiger partial charge in [0.15, 0.2) is 0 Å². The van der Waals surface area contributed by atoms with E-state index in [-0.39, 0.29) is 23.5 Å². The minimum atomic E-state index is -3.82. The van der Waals surface area contributed by atoms with Crippen molar-refractivity contribution in [1.29, 1.82) is 0 Å². The third kappa shape index (κ3) is 3.82. The number of likely N-dealkylation sites (N-methyl/N-ethyl adjacent to an activating group) is 1. The number of benzene rings is 1. The number of hydrogen-bond acceptors (Lipinski definition) is 4. The van der Waals surface area contributed by atoms with Crippen LogP contribution in [0.1, 0.15) is 6.92 Å². The van der Waals surface area contributed by atoms with Crippen molar-refractivity contribution in [1.82, 2.24) is 9.21 Å². The number of halogens is 1. The zero-order valence-electron chi connectivity index (χ0n) is 12.5. The van der Waals surface area contributed by atoms with Crippen molar-refractivity contribution < 1.29 is 22.3 Å². The lowest BCUT2D eigenvalue weighted by Crippen LogP contribution is -2.48. The fourth-order valence-electron chi connectivity index (χ4n) is 2.21. The van der Waals surface area contributed by atoms with E-state index in [9.17, 15) is 17.6 Å². The van der Waals surface area contributed by atoms with Crippen LogP contribution in [0, 0.1) is 5.82 Å². The van der Waals surface area contributed by atoms with Gasteiger partial charge in [-0.15, -0.1) is 0 Å². The van der Waals surface area contributed by atoms with Gasteiger partial charge in [-0.3, -0.25) is 4.79 Å². The van der Waals surface area contributed by atoms with Crippen LogP contribution in [0.15, 0.2) is 29.2 Å². The topological polar surface area (TPSA) is 66.9 Å². The Balaban J connectivity index is 2.05. The number of amides is 1. The van der Waals surface area contributed by atoms with Gasteiger partial charge in [0.05, 0.1) is 24.2 Å². The van der Waals surface area contributed by atoms with Gasteiger partial charge in [0, 0.05) is 20.1 Å². The van der Waals surface area contributed by atoms with Crippen molar-refractivity contribution in [3.63, 3.8) is 0 Å². The van der Waals surface area contributed by atoms with E-state index >= 15 is 0 Å². The Kier molecular flexibility index (Phi) is 5.15. The Hall–Kier alpha value is -1.51. The summed E-state index contributed by atoms with van der Waals surface area (Å²) in [6.07, 6.45) is -0.0586. The number of morpholine rings is 1. The molecule has 22 heavy (non-hydrogen) atoms. The van der Waals surface area contributed by atoms with Crippen molar-refractivity contribution in [2.24, 2.45) is 0 Å². The SMILES string of the molecule is CC1CN(C(=O)CN(C)S(=O)(=O)c2ccc(F)cc2)CCO1. The number of hydrogen-bond donors (Lipinski definition) is 0. The van der Waals surface area contributed by atoms with Gasteiger partial charge in [0.2, 0.25) is 15.9 Å². The number of sulfonamides is 1. The zero-order valence-corrected chi connectivity index (χ0v) is 13.3. The van der Waals surface area contributed by atoms with E-state index < -0.39 is 15.8 Å². The maximum Gasteiger partial charge on any atom is 0.243 e. The molecule has 0 radical (unpaired) electrons. The van der Waals surface area contributed by atoms with E-state index in [4.69, 9.17) is 4.74 Å². The molecule has 1 fully saturated rings.